The van der Waals surface area contributed by atoms with E-state index in [1.54, 1.807) is 37.4 Å². The van der Waals surface area contributed by atoms with Gasteiger partial charge in [0.15, 0.2) is 15.0 Å². The third kappa shape index (κ3) is 6.04. The van der Waals surface area contributed by atoms with E-state index in [-0.39, 0.29) is 17.0 Å². The first-order valence-corrected chi connectivity index (χ1v) is 13.7. The first-order valence-electron chi connectivity index (χ1n) is 11.3. The Balaban J connectivity index is 1.41. The lowest BCUT2D eigenvalue weighted by Gasteiger charge is -2.12. The summed E-state index contributed by atoms with van der Waals surface area (Å²) in [6.45, 7) is 4.61. The van der Waals surface area contributed by atoms with Crippen LogP contribution in [0.4, 0.5) is 5.13 Å². The van der Waals surface area contributed by atoms with Crippen LogP contribution in [0.25, 0.3) is 22.8 Å². The minimum Gasteiger partial charge on any atom is -0.343 e. The molecule has 0 radical (unpaired) electrons. The molecule has 0 aliphatic carbocycles. The Bertz CT molecular complexity index is 1570. The standard InChI is InChI=1S/C25H24N6O4S2/c1-15(2)37(34,35)22-10-5-4-7-17(22)24(33)26-12-23(32)31-25-30-21(13-36-25)19-9-6-8-18(29-19)20-11-16(3)27-14-28-20/h4-11,13-15H,12H2,1-3H3,(H,26,33)(H,30,31,32). The highest BCUT2D eigenvalue weighted by molar-refractivity contribution is 7.92. The average molecular weight is 537 g/mol. The van der Waals surface area contributed by atoms with Gasteiger partial charge >= 0.3 is 0 Å². The van der Waals surface area contributed by atoms with Crippen LogP contribution in [0.15, 0.2) is 65.1 Å². The molecule has 190 valence electrons. The van der Waals surface area contributed by atoms with Crippen molar-refractivity contribution in [1.82, 2.24) is 25.3 Å². The number of benzene rings is 1. The molecule has 0 spiro atoms. The van der Waals surface area contributed by atoms with E-state index in [9.17, 15) is 18.0 Å². The largest absolute Gasteiger partial charge is 0.343 e. The molecule has 10 nitrogen and oxygen atoms in total. The van der Waals surface area contributed by atoms with Crippen molar-refractivity contribution >= 4 is 38.1 Å². The second kappa shape index (κ2) is 10.9. The third-order valence-electron chi connectivity index (χ3n) is 5.30. The van der Waals surface area contributed by atoms with Gasteiger partial charge in [-0.05, 0) is 51.1 Å². The molecule has 2 amide bonds. The molecule has 12 heteroatoms. The van der Waals surface area contributed by atoms with Gasteiger partial charge in [0.1, 0.15) is 12.0 Å². The van der Waals surface area contributed by atoms with Crippen molar-refractivity contribution < 1.29 is 18.0 Å². The summed E-state index contributed by atoms with van der Waals surface area (Å²) in [5.74, 6) is -1.16. The van der Waals surface area contributed by atoms with Crippen molar-refractivity contribution in [3.63, 3.8) is 0 Å². The molecule has 1 aromatic carbocycles. The smallest absolute Gasteiger partial charge is 0.253 e. The predicted octanol–water partition coefficient (Wildman–Crippen LogP) is 3.52. The van der Waals surface area contributed by atoms with Gasteiger partial charge in [0.2, 0.25) is 5.91 Å². The number of amides is 2. The number of rotatable bonds is 8. The summed E-state index contributed by atoms with van der Waals surface area (Å²) in [5, 5.41) is 6.53. The minimum atomic E-state index is -3.67. The van der Waals surface area contributed by atoms with E-state index in [1.165, 1.54) is 29.8 Å². The van der Waals surface area contributed by atoms with Crippen molar-refractivity contribution in [1.29, 1.82) is 0 Å². The summed E-state index contributed by atoms with van der Waals surface area (Å²) in [6, 6.07) is 13.3. The van der Waals surface area contributed by atoms with Gasteiger partial charge in [0.05, 0.1) is 39.3 Å². The Labute approximate surface area is 218 Å². The molecule has 37 heavy (non-hydrogen) atoms. The molecule has 0 saturated carbocycles. The number of sulfone groups is 1. The molecule has 0 atom stereocenters. The Morgan fingerprint density at radius 2 is 1.68 bits per heavy atom. The van der Waals surface area contributed by atoms with Gasteiger partial charge in [-0.1, -0.05) is 18.2 Å². The number of aromatic nitrogens is 4. The van der Waals surface area contributed by atoms with Gasteiger partial charge in [-0.2, -0.15) is 0 Å². The maximum atomic E-state index is 12.7. The molecule has 4 aromatic rings. The quantitative estimate of drug-likeness (QED) is 0.348. The fraction of sp³-hybridized carbons (Fsp3) is 0.200. The van der Waals surface area contributed by atoms with E-state index in [1.807, 2.05) is 25.1 Å². The van der Waals surface area contributed by atoms with E-state index in [0.717, 1.165) is 5.69 Å². The number of nitrogens with zero attached hydrogens (tertiary/aromatic N) is 4. The lowest BCUT2D eigenvalue weighted by atomic mass is 10.2. The molecule has 0 aliphatic heterocycles. The number of carbonyl (C=O) groups excluding carboxylic acids is 2. The molecular weight excluding hydrogens is 512 g/mol. The van der Waals surface area contributed by atoms with Crippen LogP contribution in [-0.4, -0.2) is 52.0 Å². The summed E-state index contributed by atoms with van der Waals surface area (Å²) in [5.41, 5.74) is 3.37. The second-order valence-corrected chi connectivity index (χ2v) is 11.6. The Morgan fingerprint density at radius 1 is 0.946 bits per heavy atom. The Hall–Kier alpha value is -4.03. The number of carbonyl (C=O) groups is 2. The van der Waals surface area contributed by atoms with Crippen LogP contribution in [0.1, 0.15) is 29.9 Å². The van der Waals surface area contributed by atoms with Crippen molar-refractivity contribution in [2.24, 2.45) is 0 Å². The highest BCUT2D eigenvalue weighted by Crippen LogP contribution is 2.26. The molecule has 0 bridgehead atoms. The molecule has 4 rings (SSSR count). The van der Waals surface area contributed by atoms with Gasteiger partial charge in [-0.25, -0.2) is 28.4 Å². The van der Waals surface area contributed by atoms with E-state index >= 15 is 0 Å². The topological polar surface area (TPSA) is 144 Å². The van der Waals surface area contributed by atoms with Crippen molar-refractivity contribution in [2.45, 2.75) is 30.9 Å². The van der Waals surface area contributed by atoms with Gasteiger partial charge in [-0.15, -0.1) is 11.3 Å². The summed E-state index contributed by atoms with van der Waals surface area (Å²) in [7, 11) is -3.67. The lowest BCUT2D eigenvalue weighted by Crippen LogP contribution is -2.34. The van der Waals surface area contributed by atoms with Crippen LogP contribution < -0.4 is 10.6 Å². The van der Waals surface area contributed by atoms with Gasteiger partial charge in [-0.3, -0.25) is 9.59 Å². The minimum absolute atomic E-state index is 0.00891. The number of thiazole rings is 1. The first kappa shape index (κ1) is 26.0. The van der Waals surface area contributed by atoms with Gasteiger partial charge < -0.3 is 10.6 Å². The zero-order valence-corrected chi connectivity index (χ0v) is 21.9. The van der Waals surface area contributed by atoms with Gasteiger partial charge in [0.25, 0.3) is 5.91 Å². The monoisotopic (exact) mass is 536 g/mol. The van der Waals surface area contributed by atoms with Crippen LogP contribution in [0, 0.1) is 6.92 Å². The number of nitrogens with one attached hydrogen (secondary N) is 2. The van der Waals surface area contributed by atoms with Gasteiger partial charge in [0, 0.05) is 11.1 Å². The van der Waals surface area contributed by atoms with Crippen LogP contribution >= 0.6 is 11.3 Å². The Kier molecular flexibility index (Phi) is 7.69. The molecule has 3 aromatic heterocycles. The van der Waals surface area contributed by atoms with Crippen LogP contribution in [0.2, 0.25) is 0 Å². The number of anilines is 1. The molecule has 0 aliphatic rings. The summed E-state index contributed by atoms with van der Waals surface area (Å²) in [6.07, 6.45) is 1.48. The highest BCUT2D eigenvalue weighted by Gasteiger charge is 2.25. The van der Waals surface area contributed by atoms with E-state index in [0.29, 0.717) is 27.9 Å². The SMILES string of the molecule is Cc1cc(-c2cccc(-c3csc(NC(=O)CNC(=O)c4ccccc4S(=O)(=O)C(C)C)n3)n2)ncn1. The predicted molar refractivity (Wildman–Crippen MR) is 141 cm³/mol. The van der Waals surface area contributed by atoms with E-state index in [4.69, 9.17) is 0 Å². The average Bonchev–Trinajstić information content (AvgIpc) is 3.35. The molecule has 0 saturated heterocycles. The molecule has 3 heterocycles. The Morgan fingerprint density at radius 3 is 2.41 bits per heavy atom. The van der Waals surface area contributed by atoms with Crippen LogP contribution in [-0.2, 0) is 14.6 Å². The third-order valence-corrected chi connectivity index (χ3v) is 8.26. The summed E-state index contributed by atoms with van der Waals surface area (Å²) in [4.78, 5) is 42.4. The second-order valence-electron chi connectivity index (χ2n) is 8.31. The zero-order chi connectivity index (χ0) is 26.6. The van der Waals surface area contributed by atoms with E-state index in [2.05, 4.69) is 30.6 Å². The number of hydrogen-bond donors (Lipinski definition) is 2. The number of aryl methyl sites for hydroxylation is 1. The maximum Gasteiger partial charge on any atom is 0.253 e. The van der Waals surface area contributed by atoms with E-state index < -0.39 is 26.9 Å². The fourth-order valence-corrected chi connectivity index (χ4v) is 5.30. The van der Waals surface area contributed by atoms with Crippen molar-refractivity contribution in [3.8, 4) is 22.8 Å². The number of pyridine rings is 1. The lowest BCUT2D eigenvalue weighted by molar-refractivity contribution is -0.115. The molecule has 0 unspecified atom stereocenters. The summed E-state index contributed by atoms with van der Waals surface area (Å²) < 4.78 is 25.2. The van der Waals surface area contributed by atoms with Crippen LogP contribution in [0.3, 0.4) is 0 Å². The fourth-order valence-electron chi connectivity index (χ4n) is 3.34. The van der Waals surface area contributed by atoms with Crippen molar-refractivity contribution in [3.05, 3.63) is 71.5 Å². The maximum absolute atomic E-state index is 12.7. The highest BCUT2D eigenvalue weighted by atomic mass is 32.2. The van der Waals surface area contributed by atoms with Crippen molar-refractivity contribution in [2.75, 3.05) is 11.9 Å². The van der Waals surface area contributed by atoms with Crippen LogP contribution in [0.5, 0.6) is 0 Å². The summed E-state index contributed by atoms with van der Waals surface area (Å²) >= 11 is 1.22. The zero-order valence-electron chi connectivity index (χ0n) is 20.3. The normalized spacial score (nSPS) is 11.4. The first-order chi connectivity index (χ1) is 17.6. The number of hydrogen-bond acceptors (Lipinski definition) is 9. The molecule has 0 fully saturated rings. The molecule has 2 N–H and O–H groups in total. The molecular formula is C25H24N6O4S2.